The van der Waals surface area contributed by atoms with Crippen LogP contribution in [0, 0.1) is 13.8 Å². The Labute approximate surface area is 345 Å². The molecule has 0 fully saturated rings. The molecule has 1 aromatic heterocycles. The van der Waals surface area contributed by atoms with Gasteiger partial charge in [0, 0.05) is 39.3 Å². The van der Waals surface area contributed by atoms with Crippen LogP contribution in [0.5, 0.6) is 0 Å². The van der Waals surface area contributed by atoms with Gasteiger partial charge in [-0.3, -0.25) is 0 Å². The molecule has 1 aliphatic carbocycles. The van der Waals surface area contributed by atoms with Crippen LogP contribution in [0.2, 0.25) is 0 Å². The van der Waals surface area contributed by atoms with Crippen molar-refractivity contribution in [3.05, 3.63) is 161 Å². The number of nitrogens with zero attached hydrogens (tertiary/aromatic N) is 2. The number of benzene rings is 6. The first kappa shape index (κ1) is 36.6. The molecule has 0 amide bonds. The minimum absolute atomic E-state index is 0.0487. The van der Waals surface area contributed by atoms with E-state index in [-0.39, 0.29) is 23.0 Å². The highest BCUT2D eigenvalue weighted by Gasteiger charge is 2.52. The van der Waals surface area contributed by atoms with E-state index in [1.807, 2.05) is 0 Å². The first-order chi connectivity index (χ1) is 27.7. The molecule has 288 valence electrons. The third-order valence-electron chi connectivity index (χ3n) is 13.3. The van der Waals surface area contributed by atoms with Crippen LogP contribution in [0.25, 0.3) is 22.3 Å². The Morgan fingerprint density at radius 3 is 1.86 bits per heavy atom. The summed E-state index contributed by atoms with van der Waals surface area (Å²) in [6.07, 6.45) is 2.19. The number of rotatable bonds is 4. The third kappa shape index (κ3) is 5.63. The first-order valence-corrected chi connectivity index (χ1v) is 21.1. The van der Waals surface area contributed by atoms with E-state index in [1.165, 1.54) is 89.6 Å². The predicted molar refractivity (Wildman–Crippen MR) is 247 cm³/mol. The normalized spacial score (nSPS) is 16.1. The van der Waals surface area contributed by atoms with Gasteiger partial charge in [-0.1, -0.05) is 146 Å². The van der Waals surface area contributed by atoms with E-state index in [2.05, 4.69) is 206 Å². The van der Waals surface area contributed by atoms with Gasteiger partial charge in [0.25, 0.3) is 6.71 Å². The van der Waals surface area contributed by atoms with Crippen LogP contribution >= 0.6 is 0 Å². The summed E-state index contributed by atoms with van der Waals surface area (Å²) in [5.74, 6) is 1.14. The summed E-state index contributed by atoms with van der Waals surface area (Å²) in [6.45, 7) is 20.9. The summed E-state index contributed by atoms with van der Waals surface area (Å²) in [7, 11) is 0. The van der Waals surface area contributed by atoms with Gasteiger partial charge in [-0.15, -0.1) is 0 Å². The molecule has 0 spiro atoms. The van der Waals surface area contributed by atoms with Crippen molar-refractivity contribution in [1.82, 2.24) is 0 Å². The van der Waals surface area contributed by atoms with E-state index in [1.54, 1.807) is 0 Å². The summed E-state index contributed by atoms with van der Waals surface area (Å²) in [4.78, 5) is 5.15. The molecule has 0 N–H and O–H groups in total. The zero-order chi connectivity index (χ0) is 40.3. The van der Waals surface area contributed by atoms with Gasteiger partial charge in [0.05, 0.1) is 17.0 Å². The van der Waals surface area contributed by atoms with Crippen molar-refractivity contribution in [2.75, 3.05) is 9.80 Å². The van der Waals surface area contributed by atoms with E-state index in [0.29, 0.717) is 0 Å². The Morgan fingerprint density at radius 2 is 1.19 bits per heavy atom. The van der Waals surface area contributed by atoms with Crippen LogP contribution in [-0.2, 0) is 16.2 Å². The monoisotopic (exact) mass is 756 g/mol. The number of hydrogen-bond acceptors (Lipinski definition) is 3. The van der Waals surface area contributed by atoms with Crippen LogP contribution in [-0.4, -0.2) is 6.71 Å². The Bertz CT molecular complexity index is 2730. The lowest BCUT2D eigenvalue weighted by Crippen LogP contribution is -2.61. The van der Waals surface area contributed by atoms with Crippen LogP contribution < -0.4 is 26.4 Å². The highest BCUT2D eigenvalue weighted by Crippen LogP contribution is 2.55. The van der Waals surface area contributed by atoms with E-state index in [9.17, 15) is 0 Å². The Kier molecular flexibility index (Phi) is 8.13. The summed E-state index contributed by atoms with van der Waals surface area (Å²) in [5.41, 5.74) is 20.7. The SMILES string of the molecule is Cc1ccc(-c2ccccc2)c(N2c3cc(-c4ccccc4)ccc3B3c4oc5c(c4N(c4ccc(C(C)(C)C)cc4)c4cc(C)cc2c43)C(C)(C)CCC5(C)C)c1. The fraction of sp³-hybridized carbons (Fsp3) is 0.259. The molecule has 10 rings (SSSR count). The smallest absolute Gasteiger partial charge is 0.297 e. The predicted octanol–water partition coefficient (Wildman–Crippen LogP) is 13.0. The van der Waals surface area contributed by atoms with Crippen LogP contribution in [0.3, 0.4) is 0 Å². The van der Waals surface area contributed by atoms with Crippen molar-refractivity contribution in [2.45, 2.75) is 91.4 Å². The zero-order valence-electron chi connectivity index (χ0n) is 35.5. The molecular weight excluding hydrogens is 703 g/mol. The summed E-state index contributed by atoms with van der Waals surface area (Å²) < 4.78 is 7.55. The Balaban J connectivity index is 1.33. The number of anilines is 6. The van der Waals surface area contributed by atoms with Gasteiger partial charge in [0.2, 0.25) is 0 Å². The number of furan rings is 1. The first-order valence-electron chi connectivity index (χ1n) is 21.1. The third-order valence-corrected chi connectivity index (χ3v) is 13.3. The molecule has 2 aliphatic heterocycles. The summed E-state index contributed by atoms with van der Waals surface area (Å²) >= 11 is 0. The average Bonchev–Trinajstić information content (AvgIpc) is 3.63. The molecular formula is C54H53BN2O. The molecule has 0 unspecified atom stereocenters. The minimum atomic E-state index is -0.0955. The van der Waals surface area contributed by atoms with E-state index < -0.39 is 0 Å². The fourth-order valence-corrected chi connectivity index (χ4v) is 10.0. The van der Waals surface area contributed by atoms with Crippen LogP contribution in [0.15, 0.2) is 138 Å². The second-order valence-electron chi connectivity index (χ2n) is 19.4. The zero-order valence-corrected chi connectivity index (χ0v) is 35.5. The van der Waals surface area contributed by atoms with Crippen LogP contribution in [0.4, 0.5) is 34.1 Å². The lowest BCUT2D eigenvalue weighted by atomic mass is 9.35. The Morgan fingerprint density at radius 1 is 0.569 bits per heavy atom. The molecule has 3 nitrogen and oxygen atoms in total. The quantitative estimate of drug-likeness (QED) is 0.167. The fourth-order valence-electron chi connectivity index (χ4n) is 10.0. The van der Waals surface area contributed by atoms with Gasteiger partial charge >= 0.3 is 0 Å². The molecule has 4 heteroatoms. The molecule has 3 aliphatic rings. The maximum absolute atomic E-state index is 7.55. The molecule has 3 heterocycles. The number of hydrogen-bond donors (Lipinski definition) is 0. The van der Waals surface area contributed by atoms with Crippen molar-refractivity contribution >= 4 is 57.4 Å². The van der Waals surface area contributed by atoms with Gasteiger partial charge in [0.1, 0.15) is 5.76 Å². The molecule has 0 saturated heterocycles. The minimum Gasteiger partial charge on any atom is -0.472 e. The summed E-state index contributed by atoms with van der Waals surface area (Å²) in [6, 6.07) is 50.0. The van der Waals surface area contributed by atoms with Gasteiger partial charge < -0.3 is 14.2 Å². The molecule has 7 aromatic rings. The average molecular weight is 757 g/mol. The van der Waals surface area contributed by atoms with Gasteiger partial charge in [-0.25, -0.2) is 0 Å². The summed E-state index contributed by atoms with van der Waals surface area (Å²) in [5, 5.41) is 0. The standard InChI is InChI=1S/C54H53BN2O/c1-34-20-26-41(37-18-14-11-15-19-37)43(30-34)57-44-33-38(36-16-12-10-13-17-36)21-27-42(44)55-48-45(31-35(2)32-46(48)57)56(40-24-22-39(23-25-40)52(3,4)5)49-47-50(58-51(49)55)54(8,9)29-28-53(47,6)7/h10-27,30-33H,28-29H2,1-9H3. The van der Waals surface area contributed by atoms with Crippen molar-refractivity contribution in [3.8, 4) is 22.3 Å². The van der Waals surface area contributed by atoms with Gasteiger partial charge in [-0.05, 0) is 118 Å². The van der Waals surface area contributed by atoms with E-state index in [0.717, 1.165) is 24.3 Å². The van der Waals surface area contributed by atoms with Crippen molar-refractivity contribution in [3.63, 3.8) is 0 Å². The molecule has 0 atom stereocenters. The highest BCUT2D eigenvalue weighted by molar-refractivity contribution is 6.99. The lowest BCUT2D eigenvalue weighted by Gasteiger charge is -2.44. The molecule has 58 heavy (non-hydrogen) atoms. The van der Waals surface area contributed by atoms with Crippen molar-refractivity contribution < 1.29 is 4.42 Å². The maximum atomic E-state index is 7.55. The molecule has 0 bridgehead atoms. The second kappa shape index (κ2) is 12.9. The largest absolute Gasteiger partial charge is 0.472 e. The van der Waals surface area contributed by atoms with Crippen molar-refractivity contribution in [2.24, 2.45) is 0 Å². The molecule has 0 radical (unpaired) electrons. The van der Waals surface area contributed by atoms with Crippen LogP contribution in [0.1, 0.15) is 89.3 Å². The number of aryl methyl sites for hydroxylation is 2. The highest BCUT2D eigenvalue weighted by atomic mass is 16.3. The van der Waals surface area contributed by atoms with Gasteiger partial charge in [0.15, 0.2) is 0 Å². The lowest BCUT2D eigenvalue weighted by molar-refractivity contribution is 0.282. The maximum Gasteiger partial charge on any atom is 0.297 e. The Hall–Kier alpha value is -5.74. The van der Waals surface area contributed by atoms with E-state index >= 15 is 0 Å². The number of fused-ring (bicyclic) bond motifs is 6. The topological polar surface area (TPSA) is 19.6 Å². The molecule has 6 aromatic carbocycles. The van der Waals surface area contributed by atoms with Crippen molar-refractivity contribution in [1.29, 1.82) is 0 Å². The second-order valence-corrected chi connectivity index (χ2v) is 19.4. The molecule has 0 saturated carbocycles. The van der Waals surface area contributed by atoms with E-state index in [4.69, 9.17) is 4.42 Å². The van der Waals surface area contributed by atoms with Gasteiger partial charge in [-0.2, -0.15) is 0 Å².